The average Bonchev–Trinajstić information content (AvgIpc) is 2.33. The molecule has 0 saturated heterocycles. The smallest absolute Gasteiger partial charge is 0.268 e. The minimum atomic E-state index is -0.144. The normalized spacial score (nSPS) is 10.3. The predicted octanol–water partition coefficient (Wildman–Crippen LogP) is 1.16. The summed E-state index contributed by atoms with van der Waals surface area (Å²) in [6, 6.07) is 11.6. The molecule has 0 aliphatic heterocycles. The highest BCUT2D eigenvalue weighted by molar-refractivity contribution is 5.58. The molecular weight excluding hydrogens is 202 g/mol. The molecule has 2 aromatic rings. The zero-order chi connectivity index (χ0) is 11.4. The molecule has 1 aromatic heterocycles. The number of rotatable bonds is 3. The highest BCUT2D eigenvalue weighted by Gasteiger charge is 2.03. The van der Waals surface area contributed by atoms with Gasteiger partial charge in [-0.3, -0.25) is 4.79 Å². The van der Waals surface area contributed by atoms with Crippen molar-refractivity contribution in [1.29, 1.82) is 0 Å². The van der Waals surface area contributed by atoms with Gasteiger partial charge in [-0.1, -0.05) is 30.3 Å². The van der Waals surface area contributed by atoms with Crippen LogP contribution in [0.25, 0.3) is 11.3 Å². The van der Waals surface area contributed by atoms with E-state index in [1.165, 1.54) is 0 Å². The second kappa shape index (κ2) is 4.72. The van der Waals surface area contributed by atoms with Gasteiger partial charge in [-0.2, -0.15) is 5.10 Å². The quantitative estimate of drug-likeness (QED) is 0.807. The zero-order valence-electron chi connectivity index (χ0n) is 9.03. The molecule has 0 saturated carbocycles. The Bertz CT molecular complexity index is 519. The number of aromatic amines is 1. The fourth-order valence-electron chi connectivity index (χ4n) is 1.52. The van der Waals surface area contributed by atoms with Crippen molar-refractivity contribution in [3.05, 3.63) is 52.3 Å². The fraction of sp³-hybridized carbons (Fsp3) is 0.167. The summed E-state index contributed by atoms with van der Waals surface area (Å²) in [5.74, 6) is 0. The van der Waals surface area contributed by atoms with Crippen molar-refractivity contribution in [1.82, 2.24) is 15.5 Å². The third-order valence-electron chi connectivity index (χ3n) is 2.32. The van der Waals surface area contributed by atoms with Crippen LogP contribution in [0.4, 0.5) is 0 Å². The molecule has 1 heterocycles. The maximum absolute atomic E-state index is 11.4. The van der Waals surface area contributed by atoms with E-state index in [1.807, 2.05) is 43.4 Å². The summed E-state index contributed by atoms with van der Waals surface area (Å²) in [6.45, 7) is 0.539. The molecule has 0 fully saturated rings. The van der Waals surface area contributed by atoms with Crippen LogP contribution in [-0.2, 0) is 6.54 Å². The second-order valence-corrected chi connectivity index (χ2v) is 3.50. The summed E-state index contributed by atoms with van der Waals surface area (Å²) < 4.78 is 0. The van der Waals surface area contributed by atoms with E-state index in [0.29, 0.717) is 12.1 Å². The van der Waals surface area contributed by atoms with Gasteiger partial charge in [0.2, 0.25) is 0 Å². The van der Waals surface area contributed by atoms with Crippen LogP contribution in [0.5, 0.6) is 0 Å². The van der Waals surface area contributed by atoms with Crippen molar-refractivity contribution in [2.45, 2.75) is 6.54 Å². The third-order valence-corrected chi connectivity index (χ3v) is 2.32. The molecule has 1 aromatic carbocycles. The first-order valence-electron chi connectivity index (χ1n) is 5.10. The van der Waals surface area contributed by atoms with Gasteiger partial charge in [-0.15, -0.1) is 0 Å². The van der Waals surface area contributed by atoms with Crippen LogP contribution in [0.15, 0.2) is 41.2 Å². The van der Waals surface area contributed by atoms with E-state index >= 15 is 0 Å². The molecule has 82 valence electrons. The van der Waals surface area contributed by atoms with Crippen LogP contribution in [0.3, 0.4) is 0 Å². The molecule has 4 nitrogen and oxygen atoms in total. The lowest BCUT2D eigenvalue weighted by molar-refractivity contribution is 0.794. The van der Waals surface area contributed by atoms with Crippen LogP contribution in [0.2, 0.25) is 0 Å². The molecule has 0 bridgehead atoms. The Morgan fingerprint density at radius 2 is 2.06 bits per heavy atom. The van der Waals surface area contributed by atoms with Crippen molar-refractivity contribution in [3.8, 4) is 11.3 Å². The van der Waals surface area contributed by atoms with E-state index in [-0.39, 0.29) is 5.56 Å². The highest BCUT2D eigenvalue weighted by Crippen LogP contribution is 2.14. The van der Waals surface area contributed by atoms with Gasteiger partial charge in [0.05, 0.1) is 5.69 Å². The first-order chi connectivity index (χ1) is 7.81. The highest BCUT2D eigenvalue weighted by atomic mass is 16.1. The van der Waals surface area contributed by atoms with Crippen molar-refractivity contribution in [2.75, 3.05) is 7.05 Å². The van der Waals surface area contributed by atoms with Crippen LogP contribution >= 0.6 is 0 Å². The molecule has 2 N–H and O–H groups in total. The lowest BCUT2D eigenvalue weighted by Crippen LogP contribution is -2.19. The average molecular weight is 215 g/mol. The Morgan fingerprint density at radius 3 is 2.75 bits per heavy atom. The van der Waals surface area contributed by atoms with E-state index in [0.717, 1.165) is 11.3 Å². The summed E-state index contributed by atoms with van der Waals surface area (Å²) in [5, 5.41) is 9.49. The van der Waals surface area contributed by atoms with Gasteiger partial charge in [0, 0.05) is 17.7 Å². The van der Waals surface area contributed by atoms with Crippen LogP contribution < -0.4 is 10.9 Å². The van der Waals surface area contributed by atoms with Gasteiger partial charge in [0.15, 0.2) is 0 Å². The van der Waals surface area contributed by atoms with E-state index in [9.17, 15) is 4.79 Å². The molecule has 0 radical (unpaired) electrons. The number of hydrogen-bond donors (Lipinski definition) is 2. The van der Waals surface area contributed by atoms with Gasteiger partial charge in [-0.25, -0.2) is 5.10 Å². The van der Waals surface area contributed by atoms with E-state index in [1.54, 1.807) is 0 Å². The molecule has 2 rings (SSSR count). The van der Waals surface area contributed by atoms with E-state index in [4.69, 9.17) is 0 Å². The number of nitrogens with one attached hydrogen (secondary N) is 2. The Kier molecular flexibility index (Phi) is 3.12. The molecule has 0 spiro atoms. The molecule has 4 heteroatoms. The van der Waals surface area contributed by atoms with Gasteiger partial charge in [0.1, 0.15) is 0 Å². The van der Waals surface area contributed by atoms with Gasteiger partial charge in [-0.05, 0) is 13.1 Å². The van der Waals surface area contributed by atoms with Crippen molar-refractivity contribution < 1.29 is 0 Å². The van der Waals surface area contributed by atoms with Gasteiger partial charge in [0.25, 0.3) is 5.56 Å². The Morgan fingerprint density at radius 1 is 1.31 bits per heavy atom. The van der Waals surface area contributed by atoms with Crippen molar-refractivity contribution in [3.63, 3.8) is 0 Å². The van der Waals surface area contributed by atoms with E-state index in [2.05, 4.69) is 15.5 Å². The lowest BCUT2D eigenvalue weighted by Gasteiger charge is -2.02. The second-order valence-electron chi connectivity index (χ2n) is 3.50. The first-order valence-corrected chi connectivity index (χ1v) is 5.10. The molecule has 0 unspecified atom stereocenters. The summed E-state index contributed by atoms with van der Waals surface area (Å²) in [6.07, 6.45) is 0. The van der Waals surface area contributed by atoms with Crippen LogP contribution in [0.1, 0.15) is 5.56 Å². The minimum absolute atomic E-state index is 0.144. The predicted molar refractivity (Wildman–Crippen MR) is 63.1 cm³/mol. The SMILES string of the molecule is CNCc1cc(-c2ccccc2)n[nH]c1=O. The maximum atomic E-state index is 11.4. The Balaban J connectivity index is 2.44. The lowest BCUT2D eigenvalue weighted by atomic mass is 10.1. The van der Waals surface area contributed by atoms with Crippen LogP contribution in [0, 0.1) is 0 Å². The summed E-state index contributed by atoms with van der Waals surface area (Å²) >= 11 is 0. The molecule has 0 atom stereocenters. The molecule has 0 amide bonds. The molecule has 0 aliphatic rings. The number of aromatic nitrogens is 2. The van der Waals surface area contributed by atoms with Crippen LogP contribution in [-0.4, -0.2) is 17.2 Å². The first kappa shape index (κ1) is 10.6. The summed E-state index contributed by atoms with van der Waals surface area (Å²) in [5.41, 5.74) is 2.33. The number of hydrogen-bond acceptors (Lipinski definition) is 3. The molecule has 16 heavy (non-hydrogen) atoms. The Labute approximate surface area is 93.3 Å². The molecular formula is C12H13N3O. The maximum Gasteiger partial charge on any atom is 0.268 e. The summed E-state index contributed by atoms with van der Waals surface area (Å²) in [4.78, 5) is 11.4. The fourth-order valence-corrected chi connectivity index (χ4v) is 1.52. The topological polar surface area (TPSA) is 57.8 Å². The van der Waals surface area contributed by atoms with Gasteiger partial charge >= 0.3 is 0 Å². The number of nitrogens with zero attached hydrogens (tertiary/aromatic N) is 1. The van der Waals surface area contributed by atoms with Gasteiger partial charge < -0.3 is 5.32 Å². The third kappa shape index (κ3) is 2.17. The Hall–Kier alpha value is -1.94. The monoisotopic (exact) mass is 215 g/mol. The summed E-state index contributed by atoms with van der Waals surface area (Å²) in [7, 11) is 1.81. The van der Waals surface area contributed by atoms with Crippen molar-refractivity contribution >= 4 is 0 Å². The largest absolute Gasteiger partial charge is 0.315 e. The minimum Gasteiger partial charge on any atom is -0.315 e. The van der Waals surface area contributed by atoms with Crippen molar-refractivity contribution in [2.24, 2.45) is 0 Å². The standard InChI is InChI=1S/C12H13N3O/c1-13-8-10-7-11(14-15-12(10)16)9-5-3-2-4-6-9/h2-7,13H,8H2,1H3,(H,15,16). The zero-order valence-corrected chi connectivity index (χ0v) is 9.03. The number of H-pyrrole nitrogens is 1. The number of benzene rings is 1. The molecule has 0 aliphatic carbocycles. The van der Waals surface area contributed by atoms with E-state index < -0.39 is 0 Å².